The fourth-order valence-corrected chi connectivity index (χ4v) is 1.77. The van der Waals surface area contributed by atoms with Crippen molar-refractivity contribution in [2.75, 3.05) is 7.11 Å². The molecule has 0 bridgehead atoms. The molecule has 0 aliphatic carbocycles. The molecule has 1 aromatic carbocycles. The molecule has 2 heteroatoms. The van der Waals surface area contributed by atoms with Gasteiger partial charge < -0.3 is 9.15 Å². The van der Waals surface area contributed by atoms with Crippen LogP contribution in [0.5, 0.6) is 5.75 Å². The van der Waals surface area contributed by atoms with Crippen LogP contribution in [0, 0.1) is 0 Å². The van der Waals surface area contributed by atoms with E-state index in [1.807, 2.05) is 36.4 Å². The van der Waals surface area contributed by atoms with Gasteiger partial charge in [-0.05, 0) is 30.2 Å². The van der Waals surface area contributed by atoms with Crippen LogP contribution in [0.2, 0.25) is 0 Å². The second kappa shape index (κ2) is 4.71. The number of allylic oxidation sites excluding steroid dienone is 1. The molecule has 2 rings (SSSR count). The van der Waals surface area contributed by atoms with E-state index >= 15 is 0 Å². The Bertz CT molecular complexity index is 469. The van der Waals surface area contributed by atoms with Crippen molar-refractivity contribution < 1.29 is 9.15 Å². The second-order valence-electron chi connectivity index (χ2n) is 3.47. The Morgan fingerprint density at radius 1 is 1.31 bits per heavy atom. The van der Waals surface area contributed by atoms with Crippen LogP contribution in [-0.2, 0) is 6.42 Å². The lowest BCUT2D eigenvalue weighted by atomic mass is 10.0. The van der Waals surface area contributed by atoms with E-state index in [1.54, 1.807) is 13.4 Å². The molecule has 0 unspecified atom stereocenters. The van der Waals surface area contributed by atoms with Gasteiger partial charge in [0.25, 0.3) is 0 Å². The van der Waals surface area contributed by atoms with Crippen molar-refractivity contribution in [2.24, 2.45) is 0 Å². The third-order valence-electron chi connectivity index (χ3n) is 2.45. The molecule has 0 aliphatic heterocycles. The minimum atomic E-state index is 0.789. The highest BCUT2D eigenvalue weighted by Crippen LogP contribution is 2.33. The highest BCUT2D eigenvalue weighted by Gasteiger charge is 2.11. The Hall–Kier alpha value is -1.96. The lowest BCUT2D eigenvalue weighted by molar-refractivity contribution is 0.410. The first kappa shape index (κ1) is 10.6. The maximum atomic E-state index is 5.45. The summed E-state index contributed by atoms with van der Waals surface area (Å²) in [6.07, 6.45) is 4.32. The van der Waals surface area contributed by atoms with Crippen LogP contribution in [0.15, 0.2) is 53.7 Å². The van der Waals surface area contributed by atoms with Crippen molar-refractivity contribution in [3.63, 3.8) is 0 Å². The van der Waals surface area contributed by atoms with Gasteiger partial charge in [0.05, 0.1) is 18.9 Å². The number of ether oxygens (including phenoxy) is 1. The van der Waals surface area contributed by atoms with Gasteiger partial charge in [0.2, 0.25) is 0 Å². The van der Waals surface area contributed by atoms with E-state index in [-0.39, 0.29) is 0 Å². The molecule has 0 saturated carbocycles. The predicted octanol–water partition coefficient (Wildman–Crippen LogP) is 3.68. The fraction of sp³-hybridized carbons (Fsp3) is 0.143. The van der Waals surface area contributed by atoms with Gasteiger partial charge in [0.1, 0.15) is 11.5 Å². The maximum Gasteiger partial charge on any atom is 0.137 e. The van der Waals surface area contributed by atoms with Crippen LogP contribution in [0.4, 0.5) is 0 Å². The molecule has 0 radical (unpaired) electrons. The molecule has 1 heterocycles. The van der Waals surface area contributed by atoms with E-state index in [9.17, 15) is 0 Å². The summed E-state index contributed by atoms with van der Waals surface area (Å²) in [4.78, 5) is 0. The first-order chi connectivity index (χ1) is 7.86. The molecule has 1 aromatic heterocycles. The summed E-state index contributed by atoms with van der Waals surface area (Å²) in [5.41, 5.74) is 2.10. The Morgan fingerprint density at radius 3 is 2.81 bits per heavy atom. The minimum absolute atomic E-state index is 0.789. The van der Waals surface area contributed by atoms with E-state index in [1.165, 1.54) is 0 Å². The van der Waals surface area contributed by atoms with Gasteiger partial charge in [0, 0.05) is 0 Å². The molecule has 82 valence electrons. The number of methoxy groups -OCH3 is 1. The van der Waals surface area contributed by atoms with Crippen molar-refractivity contribution in [2.45, 2.75) is 6.42 Å². The summed E-state index contributed by atoms with van der Waals surface area (Å²) in [7, 11) is 1.67. The molecular formula is C14H14O2. The zero-order chi connectivity index (χ0) is 11.4. The third kappa shape index (κ3) is 1.87. The number of furan rings is 1. The van der Waals surface area contributed by atoms with Crippen LogP contribution < -0.4 is 4.74 Å². The number of benzene rings is 1. The summed E-state index contributed by atoms with van der Waals surface area (Å²) in [5, 5.41) is 0. The van der Waals surface area contributed by atoms with Gasteiger partial charge in [-0.25, -0.2) is 0 Å². The maximum absolute atomic E-state index is 5.45. The third-order valence-corrected chi connectivity index (χ3v) is 2.45. The quantitative estimate of drug-likeness (QED) is 0.724. The van der Waals surface area contributed by atoms with Crippen molar-refractivity contribution in [3.05, 3.63) is 54.8 Å². The molecule has 0 atom stereocenters. The molecule has 16 heavy (non-hydrogen) atoms. The van der Waals surface area contributed by atoms with E-state index < -0.39 is 0 Å². The van der Waals surface area contributed by atoms with Gasteiger partial charge in [-0.15, -0.1) is 6.58 Å². The molecule has 0 aliphatic rings. The predicted molar refractivity (Wildman–Crippen MR) is 64.6 cm³/mol. The zero-order valence-corrected chi connectivity index (χ0v) is 9.27. The van der Waals surface area contributed by atoms with Crippen molar-refractivity contribution in [1.82, 2.24) is 0 Å². The fourth-order valence-electron chi connectivity index (χ4n) is 1.77. The molecule has 0 N–H and O–H groups in total. The number of hydrogen-bond acceptors (Lipinski definition) is 2. The van der Waals surface area contributed by atoms with Crippen molar-refractivity contribution in [3.8, 4) is 17.1 Å². The van der Waals surface area contributed by atoms with E-state index in [4.69, 9.17) is 9.15 Å². The van der Waals surface area contributed by atoms with Gasteiger partial charge in [0.15, 0.2) is 0 Å². The van der Waals surface area contributed by atoms with Crippen LogP contribution in [-0.4, -0.2) is 7.11 Å². The normalized spacial score (nSPS) is 10.1. The van der Waals surface area contributed by atoms with Crippen LogP contribution in [0.1, 0.15) is 5.56 Å². The van der Waals surface area contributed by atoms with Gasteiger partial charge >= 0.3 is 0 Å². The SMILES string of the molecule is C=CCc1cccc(-c2ccco2)c1OC. The topological polar surface area (TPSA) is 22.4 Å². The number of rotatable bonds is 4. The van der Waals surface area contributed by atoms with Crippen LogP contribution in [0.3, 0.4) is 0 Å². The van der Waals surface area contributed by atoms with Gasteiger partial charge in [-0.3, -0.25) is 0 Å². The molecule has 0 fully saturated rings. The van der Waals surface area contributed by atoms with Gasteiger partial charge in [-0.1, -0.05) is 18.2 Å². The molecule has 0 spiro atoms. The van der Waals surface area contributed by atoms with Crippen LogP contribution in [0.25, 0.3) is 11.3 Å². The number of para-hydroxylation sites is 1. The Morgan fingerprint density at radius 2 is 2.19 bits per heavy atom. The standard InChI is InChI=1S/C14H14O2/c1-3-6-11-7-4-8-12(14(11)15-2)13-9-5-10-16-13/h3-5,7-10H,1,6H2,2H3. The van der Waals surface area contributed by atoms with E-state index in [0.29, 0.717) is 0 Å². The first-order valence-corrected chi connectivity index (χ1v) is 5.17. The van der Waals surface area contributed by atoms with E-state index in [2.05, 4.69) is 6.58 Å². The zero-order valence-electron chi connectivity index (χ0n) is 9.27. The highest BCUT2D eigenvalue weighted by molar-refractivity contribution is 5.68. The summed E-state index contributed by atoms with van der Waals surface area (Å²) in [6.45, 7) is 3.74. The smallest absolute Gasteiger partial charge is 0.137 e. The second-order valence-corrected chi connectivity index (χ2v) is 3.47. The summed E-state index contributed by atoms with van der Waals surface area (Å²) in [6, 6.07) is 9.82. The largest absolute Gasteiger partial charge is 0.496 e. The monoisotopic (exact) mass is 214 g/mol. The first-order valence-electron chi connectivity index (χ1n) is 5.17. The number of hydrogen-bond donors (Lipinski definition) is 0. The Labute approximate surface area is 95.2 Å². The van der Waals surface area contributed by atoms with Crippen molar-refractivity contribution in [1.29, 1.82) is 0 Å². The lowest BCUT2D eigenvalue weighted by Crippen LogP contribution is -1.93. The minimum Gasteiger partial charge on any atom is -0.496 e. The molecule has 0 amide bonds. The summed E-state index contributed by atoms with van der Waals surface area (Å²) >= 11 is 0. The summed E-state index contributed by atoms with van der Waals surface area (Å²) < 4.78 is 10.8. The molecule has 0 saturated heterocycles. The highest BCUT2D eigenvalue weighted by atomic mass is 16.5. The Balaban J connectivity index is 2.53. The average molecular weight is 214 g/mol. The van der Waals surface area contributed by atoms with E-state index in [0.717, 1.165) is 29.1 Å². The molecular weight excluding hydrogens is 200 g/mol. The molecule has 2 nitrogen and oxygen atoms in total. The lowest BCUT2D eigenvalue weighted by Gasteiger charge is -2.10. The van der Waals surface area contributed by atoms with Crippen molar-refractivity contribution >= 4 is 0 Å². The summed E-state index contributed by atoms with van der Waals surface area (Å²) in [5.74, 6) is 1.68. The average Bonchev–Trinajstić information content (AvgIpc) is 2.82. The Kier molecular flexibility index (Phi) is 3.10. The van der Waals surface area contributed by atoms with Gasteiger partial charge in [-0.2, -0.15) is 0 Å². The molecule has 2 aromatic rings. The van der Waals surface area contributed by atoms with Crippen LogP contribution >= 0.6 is 0 Å².